The van der Waals surface area contributed by atoms with E-state index in [4.69, 9.17) is 0 Å². The van der Waals surface area contributed by atoms with E-state index in [0.29, 0.717) is 0 Å². The van der Waals surface area contributed by atoms with Crippen LogP contribution in [-0.4, -0.2) is 0 Å². The highest BCUT2D eigenvalue weighted by atomic mass is 14.4. The Kier molecular flexibility index (Phi) is 6.13. The largest absolute Gasteiger partial charge is 0.0619 e. The molecule has 0 radical (unpaired) electrons. The molecule has 0 fully saturated rings. The molecule has 58 heavy (non-hydrogen) atoms. The molecule has 0 bridgehead atoms. The highest BCUT2D eigenvalue weighted by molar-refractivity contribution is 6.31. The molecule has 0 heteroatoms. The van der Waals surface area contributed by atoms with Crippen LogP contribution in [0.3, 0.4) is 0 Å². The molecular formula is C58H40. The molecule has 0 atom stereocenters. The lowest BCUT2D eigenvalue weighted by Gasteiger charge is -2.25. The summed E-state index contributed by atoms with van der Waals surface area (Å²) in [4.78, 5) is 0. The van der Waals surface area contributed by atoms with Gasteiger partial charge in [0.15, 0.2) is 0 Å². The summed E-state index contributed by atoms with van der Waals surface area (Å²) in [6, 6.07) is 65.1. The highest BCUT2D eigenvalue weighted by Gasteiger charge is 2.39. The maximum absolute atomic E-state index is 2.54. The van der Waals surface area contributed by atoms with Gasteiger partial charge in [-0.2, -0.15) is 0 Å². The second-order valence-electron chi connectivity index (χ2n) is 18.0. The van der Waals surface area contributed by atoms with Crippen molar-refractivity contribution < 1.29 is 0 Å². The lowest BCUT2D eigenvalue weighted by molar-refractivity contribution is 0.660. The zero-order chi connectivity index (χ0) is 38.7. The third kappa shape index (κ3) is 4.00. The molecule has 0 nitrogen and oxygen atoms in total. The molecule has 272 valence electrons. The minimum absolute atomic E-state index is 0.108. The normalized spacial score (nSPS) is 14.8. The molecule has 0 amide bonds. The molecule has 0 aromatic heterocycles. The lowest BCUT2D eigenvalue weighted by atomic mass is 9.78. The van der Waals surface area contributed by atoms with Crippen molar-refractivity contribution in [1.29, 1.82) is 0 Å². The van der Waals surface area contributed by atoms with Crippen molar-refractivity contribution in [3.8, 4) is 66.8 Å². The third-order valence-electron chi connectivity index (χ3n) is 14.3. The standard InChI is InChI=1S/C58H40/c1-57(2)48-22-11-9-18-39(48)41-26-24-36(31-50(41)57)52-45-28-33-14-5-6-15-34(33)29-46(45)53(37-25-27-42-40-19-10-12-23-49(40)58(3,4)51(42)32-37)56-47-30-35-16-7-8-17-38(35)43-20-13-21-44(54(43)47)55(52)56/h5-32H,1-4H3. The van der Waals surface area contributed by atoms with E-state index >= 15 is 0 Å². The fraction of sp³-hybridized carbons (Fsp3) is 0.103. The first-order chi connectivity index (χ1) is 28.3. The summed E-state index contributed by atoms with van der Waals surface area (Å²) in [6.07, 6.45) is 0. The van der Waals surface area contributed by atoms with Gasteiger partial charge in [0.2, 0.25) is 0 Å². The molecule has 0 aliphatic heterocycles. The minimum atomic E-state index is -0.110. The Morgan fingerprint density at radius 3 is 1.31 bits per heavy atom. The average molecular weight is 737 g/mol. The molecule has 0 heterocycles. The molecule has 0 unspecified atom stereocenters. The Hall–Kier alpha value is -6.76. The first kappa shape index (κ1) is 32.3. The number of rotatable bonds is 2. The van der Waals surface area contributed by atoms with Gasteiger partial charge in [-0.1, -0.05) is 167 Å². The van der Waals surface area contributed by atoms with Gasteiger partial charge in [0.25, 0.3) is 0 Å². The third-order valence-corrected chi connectivity index (χ3v) is 14.3. The van der Waals surface area contributed by atoms with Gasteiger partial charge in [-0.05, 0) is 162 Å². The lowest BCUT2D eigenvalue weighted by Crippen LogP contribution is -2.15. The van der Waals surface area contributed by atoms with Gasteiger partial charge in [0.1, 0.15) is 0 Å². The van der Waals surface area contributed by atoms with Crippen molar-refractivity contribution in [3.63, 3.8) is 0 Å². The Labute approximate surface area is 339 Å². The topological polar surface area (TPSA) is 0 Å². The minimum Gasteiger partial charge on any atom is -0.0619 e. The summed E-state index contributed by atoms with van der Waals surface area (Å²) in [5.41, 5.74) is 21.4. The first-order valence-corrected chi connectivity index (χ1v) is 20.8. The summed E-state index contributed by atoms with van der Waals surface area (Å²) >= 11 is 0. The van der Waals surface area contributed by atoms with E-state index in [9.17, 15) is 0 Å². The van der Waals surface area contributed by atoms with Gasteiger partial charge < -0.3 is 0 Å². The number of hydrogen-bond donors (Lipinski definition) is 0. The average Bonchev–Trinajstić information content (AvgIpc) is 3.79. The van der Waals surface area contributed by atoms with Gasteiger partial charge in [-0.3, -0.25) is 0 Å². The number of hydrogen-bond acceptors (Lipinski definition) is 0. The van der Waals surface area contributed by atoms with Crippen molar-refractivity contribution in [1.82, 2.24) is 0 Å². The van der Waals surface area contributed by atoms with E-state index in [-0.39, 0.29) is 10.8 Å². The maximum atomic E-state index is 2.54. The van der Waals surface area contributed by atoms with Crippen molar-refractivity contribution in [2.24, 2.45) is 0 Å². The monoisotopic (exact) mass is 736 g/mol. The quantitative estimate of drug-likeness (QED) is 0.122. The zero-order valence-corrected chi connectivity index (χ0v) is 33.2. The van der Waals surface area contributed by atoms with E-state index < -0.39 is 0 Å². The molecule has 10 aromatic rings. The van der Waals surface area contributed by atoms with Crippen molar-refractivity contribution >= 4 is 43.1 Å². The van der Waals surface area contributed by atoms with Gasteiger partial charge in [-0.25, -0.2) is 0 Å². The molecule has 0 N–H and O–H groups in total. The van der Waals surface area contributed by atoms with Crippen LogP contribution >= 0.6 is 0 Å². The van der Waals surface area contributed by atoms with Crippen LogP contribution in [0, 0.1) is 0 Å². The SMILES string of the molecule is CC1(C)c2ccccc2-c2ccc(-c3c4c(c(-c5ccc6c(c5)C(C)(C)c5ccccc5-6)c5cc6ccccc6cc35)-c3cc5ccccc5c5cccc-4c35)cc21. The van der Waals surface area contributed by atoms with Crippen LogP contribution < -0.4 is 0 Å². The molecule has 13 rings (SSSR count). The molecule has 0 saturated carbocycles. The van der Waals surface area contributed by atoms with E-state index in [1.807, 2.05) is 0 Å². The van der Waals surface area contributed by atoms with Gasteiger partial charge in [0, 0.05) is 10.8 Å². The maximum Gasteiger partial charge on any atom is 0.0159 e. The van der Waals surface area contributed by atoms with Crippen LogP contribution in [0.5, 0.6) is 0 Å². The van der Waals surface area contributed by atoms with E-state index in [2.05, 4.69) is 198 Å². The summed E-state index contributed by atoms with van der Waals surface area (Å²) in [6.45, 7) is 9.60. The van der Waals surface area contributed by atoms with Crippen LogP contribution in [0.25, 0.3) is 110 Å². The van der Waals surface area contributed by atoms with E-state index in [0.717, 1.165) is 0 Å². The number of benzene rings is 10. The fourth-order valence-electron chi connectivity index (χ4n) is 11.6. The summed E-state index contributed by atoms with van der Waals surface area (Å²) in [5.74, 6) is 0. The molecule has 10 aromatic carbocycles. The first-order valence-electron chi connectivity index (χ1n) is 20.8. The van der Waals surface area contributed by atoms with Crippen molar-refractivity contribution in [3.05, 3.63) is 192 Å². The molecular weight excluding hydrogens is 697 g/mol. The smallest absolute Gasteiger partial charge is 0.0159 e. The van der Waals surface area contributed by atoms with Crippen LogP contribution in [-0.2, 0) is 10.8 Å². The van der Waals surface area contributed by atoms with Crippen molar-refractivity contribution in [2.75, 3.05) is 0 Å². The van der Waals surface area contributed by atoms with Crippen LogP contribution in [0.15, 0.2) is 170 Å². The molecule has 0 spiro atoms. The highest BCUT2D eigenvalue weighted by Crippen LogP contribution is 2.61. The van der Waals surface area contributed by atoms with Gasteiger partial charge >= 0.3 is 0 Å². The molecule has 3 aliphatic carbocycles. The summed E-state index contributed by atoms with van der Waals surface area (Å²) < 4.78 is 0. The van der Waals surface area contributed by atoms with E-state index in [1.54, 1.807) is 0 Å². The second-order valence-corrected chi connectivity index (χ2v) is 18.0. The Morgan fingerprint density at radius 1 is 0.276 bits per heavy atom. The number of fused-ring (bicyclic) bond motifs is 13. The molecule has 3 aliphatic rings. The Balaban J connectivity index is 1.21. The second kappa shape index (κ2) is 11.0. The van der Waals surface area contributed by atoms with Gasteiger partial charge in [-0.15, -0.1) is 0 Å². The Bertz CT molecular complexity index is 3500. The Morgan fingerprint density at radius 2 is 0.724 bits per heavy atom. The van der Waals surface area contributed by atoms with E-state index in [1.165, 1.54) is 132 Å². The predicted molar refractivity (Wildman–Crippen MR) is 247 cm³/mol. The van der Waals surface area contributed by atoms with Crippen LogP contribution in [0.1, 0.15) is 49.9 Å². The van der Waals surface area contributed by atoms with Crippen molar-refractivity contribution in [2.45, 2.75) is 38.5 Å². The summed E-state index contributed by atoms with van der Waals surface area (Å²) in [7, 11) is 0. The van der Waals surface area contributed by atoms with Crippen LogP contribution in [0.2, 0.25) is 0 Å². The fourth-order valence-corrected chi connectivity index (χ4v) is 11.6. The predicted octanol–water partition coefficient (Wildman–Crippen LogP) is 15.9. The zero-order valence-electron chi connectivity index (χ0n) is 33.2. The summed E-state index contributed by atoms with van der Waals surface area (Å²) in [5, 5.41) is 10.4. The molecule has 0 saturated heterocycles. The van der Waals surface area contributed by atoms with Gasteiger partial charge in [0.05, 0.1) is 0 Å². The van der Waals surface area contributed by atoms with Crippen LogP contribution in [0.4, 0.5) is 0 Å².